The Kier molecular flexibility index (Phi) is 5.20. The summed E-state index contributed by atoms with van der Waals surface area (Å²) in [5.41, 5.74) is 0.674. The SMILES string of the molecule is O=C(Cc1c(F)cccc1Cl)Nc1cccc(Oc2cnccn2)c1. The number of carbonyl (C=O) groups is 1. The summed E-state index contributed by atoms with van der Waals surface area (Å²) >= 11 is 5.94. The molecule has 0 atom stereocenters. The van der Waals surface area contributed by atoms with Gasteiger partial charge in [0.05, 0.1) is 12.6 Å². The lowest BCUT2D eigenvalue weighted by atomic mass is 10.1. The van der Waals surface area contributed by atoms with E-state index < -0.39 is 5.82 Å². The van der Waals surface area contributed by atoms with E-state index in [2.05, 4.69) is 15.3 Å². The molecule has 0 saturated carbocycles. The van der Waals surface area contributed by atoms with Crippen molar-refractivity contribution in [3.63, 3.8) is 0 Å². The van der Waals surface area contributed by atoms with Crippen LogP contribution < -0.4 is 10.1 Å². The summed E-state index contributed by atoms with van der Waals surface area (Å²) in [7, 11) is 0. The van der Waals surface area contributed by atoms with Crippen molar-refractivity contribution in [1.82, 2.24) is 9.97 Å². The molecule has 0 bridgehead atoms. The number of hydrogen-bond acceptors (Lipinski definition) is 4. The molecule has 0 saturated heterocycles. The predicted octanol–water partition coefficient (Wildman–Crippen LogP) is 4.24. The van der Waals surface area contributed by atoms with Crippen LogP contribution in [0.25, 0.3) is 0 Å². The topological polar surface area (TPSA) is 64.1 Å². The fourth-order valence-electron chi connectivity index (χ4n) is 2.16. The average Bonchev–Trinajstić information content (AvgIpc) is 2.59. The van der Waals surface area contributed by atoms with Crippen molar-refractivity contribution in [2.45, 2.75) is 6.42 Å². The summed E-state index contributed by atoms with van der Waals surface area (Å²) in [5, 5.41) is 2.91. The largest absolute Gasteiger partial charge is 0.437 e. The number of amides is 1. The van der Waals surface area contributed by atoms with Gasteiger partial charge in [-0.1, -0.05) is 23.7 Å². The number of aromatic nitrogens is 2. The second-order valence-electron chi connectivity index (χ2n) is 5.10. The Hall–Kier alpha value is -2.99. The van der Waals surface area contributed by atoms with Gasteiger partial charge in [0.2, 0.25) is 11.8 Å². The first-order valence-corrected chi connectivity index (χ1v) is 7.76. The molecule has 25 heavy (non-hydrogen) atoms. The third kappa shape index (κ3) is 4.51. The van der Waals surface area contributed by atoms with Crippen molar-refractivity contribution in [3.05, 3.63) is 77.5 Å². The molecule has 0 aliphatic carbocycles. The molecule has 1 aromatic heterocycles. The lowest BCUT2D eigenvalue weighted by Gasteiger charge is -2.09. The first-order chi connectivity index (χ1) is 12.1. The van der Waals surface area contributed by atoms with E-state index in [-0.39, 0.29) is 22.9 Å². The van der Waals surface area contributed by atoms with E-state index in [1.54, 1.807) is 30.3 Å². The van der Waals surface area contributed by atoms with Gasteiger partial charge >= 0.3 is 0 Å². The van der Waals surface area contributed by atoms with Gasteiger partial charge in [-0.25, -0.2) is 9.37 Å². The molecule has 1 heterocycles. The monoisotopic (exact) mass is 357 g/mol. The number of carbonyl (C=O) groups excluding carboxylic acids is 1. The van der Waals surface area contributed by atoms with Crippen molar-refractivity contribution >= 4 is 23.2 Å². The van der Waals surface area contributed by atoms with Gasteiger partial charge in [-0.2, -0.15) is 0 Å². The molecule has 0 radical (unpaired) electrons. The second kappa shape index (κ2) is 7.72. The van der Waals surface area contributed by atoms with Gasteiger partial charge in [0, 0.05) is 34.7 Å². The summed E-state index contributed by atoms with van der Waals surface area (Å²) in [4.78, 5) is 20.1. The molecule has 1 N–H and O–H groups in total. The summed E-state index contributed by atoms with van der Waals surface area (Å²) < 4.78 is 19.3. The number of benzene rings is 2. The minimum absolute atomic E-state index is 0.161. The van der Waals surface area contributed by atoms with Crippen molar-refractivity contribution in [1.29, 1.82) is 0 Å². The molecule has 1 amide bonds. The van der Waals surface area contributed by atoms with Crippen LogP contribution in [-0.4, -0.2) is 15.9 Å². The Morgan fingerprint density at radius 3 is 2.80 bits per heavy atom. The van der Waals surface area contributed by atoms with Crippen LogP contribution in [0.1, 0.15) is 5.56 Å². The lowest BCUT2D eigenvalue weighted by Crippen LogP contribution is -2.15. The van der Waals surface area contributed by atoms with Crippen LogP contribution in [0.2, 0.25) is 5.02 Å². The molecule has 3 rings (SSSR count). The Morgan fingerprint density at radius 1 is 1.20 bits per heavy atom. The van der Waals surface area contributed by atoms with Crippen LogP contribution in [0.5, 0.6) is 11.6 Å². The second-order valence-corrected chi connectivity index (χ2v) is 5.51. The van der Waals surface area contributed by atoms with Gasteiger partial charge in [0.25, 0.3) is 0 Å². The highest BCUT2D eigenvalue weighted by Gasteiger charge is 2.12. The minimum atomic E-state index is -0.512. The third-order valence-electron chi connectivity index (χ3n) is 3.28. The summed E-state index contributed by atoms with van der Waals surface area (Å²) in [6, 6.07) is 11.1. The zero-order chi connectivity index (χ0) is 17.6. The molecular formula is C18H13ClFN3O2. The maximum absolute atomic E-state index is 13.8. The fraction of sp³-hybridized carbons (Fsp3) is 0.0556. The Balaban J connectivity index is 1.68. The summed E-state index contributed by atoms with van der Waals surface area (Å²) in [5.74, 6) is -0.0719. The van der Waals surface area contributed by atoms with Gasteiger partial charge in [-0.3, -0.25) is 9.78 Å². The van der Waals surface area contributed by atoms with E-state index in [9.17, 15) is 9.18 Å². The Bertz CT molecular complexity index is 870. The number of nitrogens with zero attached hydrogens (tertiary/aromatic N) is 2. The van der Waals surface area contributed by atoms with Crippen LogP contribution in [0.3, 0.4) is 0 Å². The normalized spacial score (nSPS) is 10.3. The van der Waals surface area contributed by atoms with Crippen LogP contribution in [-0.2, 0) is 11.2 Å². The maximum atomic E-state index is 13.8. The van der Waals surface area contributed by atoms with Gasteiger partial charge in [-0.15, -0.1) is 0 Å². The molecule has 3 aromatic rings. The van der Waals surface area contributed by atoms with Crippen LogP contribution >= 0.6 is 11.6 Å². The van der Waals surface area contributed by atoms with Gasteiger partial charge in [0.15, 0.2) is 0 Å². The molecule has 0 fully saturated rings. The van der Waals surface area contributed by atoms with E-state index in [0.717, 1.165) is 0 Å². The quantitative estimate of drug-likeness (QED) is 0.741. The van der Waals surface area contributed by atoms with E-state index >= 15 is 0 Å². The molecule has 0 spiro atoms. The molecule has 7 heteroatoms. The van der Waals surface area contributed by atoms with Gasteiger partial charge < -0.3 is 10.1 Å². The van der Waals surface area contributed by atoms with Crippen LogP contribution in [0, 0.1) is 5.82 Å². The van der Waals surface area contributed by atoms with E-state index in [4.69, 9.17) is 16.3 Å². The van der Waals surface area contributed by atoms with Crippen LogP contribution in [0.4, 0.5) is 10.1 Å². The standard InChI is InChI=1S/C18H13ClFN3O2/c19-15-5-2-6-16(20)14(15)10-17(24)23-12-3-1-4-13(9-12)25-18-11-21-7-8-22-18/h1-9,11H,10H2,(H,23,24). The number of halogens is 2. The number of anilines is 1. The van der Waals surface area contributed by atoms with E-state index in [0.29, 0.717) is 17.3 Å². The highest BCUT2D eigenvalue weighted by Crippen LogP contribution is 2.23. The zero-order valence-corrected chi connectivity index (χ0v) is 13.7. The average molecular weight is 358 g/mol. The number of hydrogen-bond donors (Lipinski definition) is 1. The number of rotatable bonds is 5. The summed E-state index contributed by atoms with van der Waals surface area (Å²) in [6.07, 6.45) is 4.36. The Morgan fingerprint density at radius 2 is 2.04 bits per heavy atom. The zero-order valence-electron chi connectivity index (χ0n) is 12.9. The number of nitrogens with one attached hydrogen (secondary N) is 1. The van der Waals surface area contributed by atoms with Gasteiger partial charge in [0.1, 0.15) is 11.6 Å². The Labute approximate surface area is 148 Å². The first kappa shape index (κ1) is 16.9. The lowest BCUT2D eigenvalue weighted by molar-refractivity contribution is -0.115. The van der Waals surface area contributed by atoms with Crippen molar-refractivity contribution < 1.29 is 13.9 Å². The molecule has 2 aromatic carbocycles. The van der Waals surface area contributed by atoms with Crippen molar-refractivity contribution in [2.75, 3.05) is 5.32 Å². The van der Waals surface area contributed by atoms with E-state index in [1.165, 1.54) is 30.7 Å². The highest BCUT2D eigenvalue weighted by molar-refractivity contribution is 6.31. The first-order valence-electron chi connectivity index (χ1n) is 7.38. The molecule has 0 aliphatic heterocycles. The molecule has 126 valence electrons. The minimum Gasteiger partial charge on any atom is -0.437 e. The predicted molar refractivity (Wildman–Crippen MR) is 92.3 cm³/mol. The molecule has 0 unspecified atom stereocenters. The molecule has 0 aliphatic rings. The third-order valence-corrected chi connectivity index (χ3v) is 3.63. The maximum Gasteiger partial charge on any atom is 0.237 e. The van der Waals surface area contributed by atoms with E-state index in [1.807, 2.05) is 0 Å². The van der Waals surface area contributed by atoms with Crippen LogP contribution in [0.15, 0.2) is 61.1 Å². The molecular weight excluding hydrogens is 345 g/mol. The van der Waals surface area contributed by atoms with Crippen molar-refractivity contribution in [3.8, 4) is 11.6 Å². The van der Waals surface area contributed by atoms with Gasteiger partial charge in [-0.05, 0) is 24.3 Å². The number of ether oxygens (including phenoxy) is 1. The summed E-state index contributed by atoms with van der Waals surface area (Å²) in [6.45, 7) is 0. The fourth-order valence-corrected chi connectivity index (χ4v) is 2.39. The highest BCUT2D eigenvalue weighted by atomic mass is 35.5. The van der Waals surface area contributed by atoms with Crippen molar-refractivity contribution in [2.24, 2.45) is 0 Å². The molecule has 5 nitrogen and oxygen atoms in total. The smallest absolute Gasteiger partial charge is 0.237 e.